The van der Waals surface area contributed by atoms with Gasteiger partial charge in [0.05, 0.1) is 0 Å². The van der Waals surface area contributed by atoms with Gasteiger partial charge in [0.2, 0.25) is 5.91 Å². The first kappa shape index (κ1) is 13.5. The second kappa shape index (κ2) is 6.86. The monoisotopic (exact) mass is 227 g/mol. The van der Waals surface area contributed by atoms with Gasteiger partial charge in [0.15, 0.2) is 0 Å². The number of carbonyl (C=O) groups is 1. The van der Waals surface area contributed by atoms with E-state index in [0.717, 1.165) is 32.6 Å². The molecule has 0 aromatic carbocycles. The van der Waals surface area contributed by atoms with Gasteiger partial charge < -0.3 is 10.6 Å². The highest BCUT2D eigenvalue weighted by molar-refractivity contribution is 5.76. The van der Waals surface area contributed by atoms with Crippen LogP contribution in [0.15, 0.2) is 0 Å². The molecule has 0 radical (unpaired) electrons. The maximum Gasteiger partial charge on any atom is 0.222 e. The molecule has 1 atom stereocenters. The number of amides is 1. The molecular formula is C12H25N3O. The fourth-order valence-corrected chi connectivity index (χ4v) is 2.08. The number of nitrogens with two attached hydrogens (primary N) is 1. The quantitative estimate of drug-likeness (QED) is 0.751. The summed E-state index contributed by atoms with van der Waals surface area (Å²) in [6.07, 6.45) is 2.60. The van der Waals surface area contributed by atoms with Crippen LogP contribution in [0.2, 0.25) is 0 Å². The van der Waals surface area contributed by atoms with E-state index in [4.69, 9.17) is 5.73 Å². The molecule has 94 valence electrons. The maximum atomic E-state index is 11.8. The summed E-state index contributed by atoms with van der Waals surface area (Å²) in [4.78, 5) is 16.2. The van der Waals surface area contributed by atoms with Crippen molar-refractivity contribution in [2.24, 2.45) is 5.73 Å². The third kappa shape index (κ3) is 3.76. The lowest BCUT2D eigenvalue weighted by molar-refractivity contribution is -0.133. The summed E-state index contributed by atoms with van der Waals surface area (Å²) < 4.78 is 0. The summed E-state index contributed by atoms with van der Waals surface area (Å²) in [5.41, 5.74) is 5.41. The highest BCUT2D eigenvalue weighted by atomic mass is 16.2. The van der Waals surface area contributed by atoms with Crippen LogP contribution < -0.4 is 5.73 Å². The third-order valence-electron chi connectivity index (χ3n) is 3.48. The van der Waals surface area contributed by atoms with Gasteiger partial charge in [0.1, 0.15) is 0 Å². The standard InChI is InChI=1S/C12H25N3O/c1-3-11(2)14-7-9-15(10-8-14)12(16)5-4-6-13/h11H,3-10,13H2,1-2H3. The van der Waals surface area contributed by atoms with Gasteiger partial charge in [-0.25, -0.2) is 0 Å². The summed E-state index contributed by atoms with van der Waals surface area (Å²) in [5, 5.41) is 0. The Balaban J connectivity index is 2.28. The summed E-state index contributed by atoms with van der Waals surface area (Å²) in [6.45, 7) is 8.88. The van der Waals surface area contributed by atoms with Gasteiger partial charge in [-0.05, 0) is 26.3 Å². The lowest BCUT2D eigenvalue weighted by Gasteiger charge is -2.37. The fraction of sp³-hybridized carbons (Fsp3) is 0.917. The van der Waals surface area contributed by atoms with Crippen LogP contribution in [0.25, 0.3) is 0 Å². The molecular weight excluding hydrogens is 202 g/mol. The minimum absolute atomic E-state index is 0.272. The van der Waals surface area contributed by atoms with Gasteiger partial charge >= 0.3 is 0 Å². The first-order chi connectivity index (χ1) is 7.69. The molecule has 0 aromatic rings. The van der Waals surface area contributed by atoms with E-state index in [0.29, 0.717) is 19.0 Å². The van der Waals surface area contributed by atoms with Crippen LogP contribution in [0, 0.1) is 0 Å². The molecule has 0 bridgehead atoms. The van der Waals surface area contributed by atoms with Crippen LogP contribution in [-0.4, -0.2) is 54.5 Å². The average molecular weight is 227 g/mol. The molecule has 1 rings (SSSR count). The minimum Gasteiger partial charge on any atom is -0.340 e. The van der Waals surface area contributed by atoms with Crippen molar-refractivity contribution in [3.63, 3.8) is 0 Å². The summed E-state index contributed by atoms with van der Waals surface area (Å²) >= 11 is 0. The molecule has 1 heterocycles. The van der Waals surface area contributed by atoms with E-state index in [1.807, 2.05) is 4.90 Å². The second-order valence-corrected chi connectivity index (χ2v) is 4.57. The lowest BCUT2D eigenvalue weighted by Crippen LogP contribution is -2.51. The predicted molar refractivity (Wildman–Crippen MR) is 66.2 cm³/mol. The summed E-state index contributed by atoms with van der Waals surface area (Å²) in [7, 11) is 0. The number of hydrogen-bond donors (Lipinski definition) is 1. The number of nitrogens with zero attached hydrogens (tertiary/aromatic N) is 2. The average Bonchev–Trinajstić information content (AvgIpc) is 2.35. The Bertz CT molecular complexity index is 212. The lowest BCUT2D eigenvalue weighted by atomic mass is 10.2. The first-order valence-corrected chi connectivity index (χ1v) is 6.41. The van der Waals surface area contributed by atoms with Crippen LogP contribution in [0.5, 0.6) is 0 Å². The Morgan fingerprint density at radius 3 is 2.44 bits per heavy atom. The Hall–Kier alpha value is -0.610. The van der Waals surface area contributed by atoms with Gasteiger partial charge in [0.25, 0.3) is 0 Å². The van der Waals surface area contributed by atoms with E-state index in [1.54, 1.807) is 0 Å². The smallest absolute Gasteiger partial charge is 0.222 e. The highest BCUT2D eigenvalue weighted by Crippen LogP contribution is 2.09. The normalized spacial score (nSPS) is 19.8. The predicted octanol–water partition coefficient (Wildman–Crippen LogP) is 0.668. The first-order valence-electron chi connectivity index (χ1n) is 6.41. The van der Waals surface area contributed by atoms with Gasteiger partial charge in [-0.15, -0.1) is 0 Å². The van der Waals surface area contributed by atoms with Crippen molar-refractivity contribution in [2.75, 3.05) is 32.7 Å². The molecule has 1 unspecified atom stereocenters. The fourth-order valence-electron chi connectivity index (χ4n) is 2.08. The molecule has 0 aromatic heterocycles. The molecule has 4 heteroatoms. The number of hydrogen-bond acceptors (Lipinski definition) is 3. The number of piperazine rings is 1. The van der Waals surface area contributed by atoms with Crippen molar-refractivity contribution in [2.45, 2.75) is 39.2 Å². The van der Waals surface area contributed by atoms with Crippen LogP contribution in [-0.2, 0) is 4.79 Å². The molecule has 1 amide bonds. The SMILES string of the molecule is CCC(C)N1CCN(C(=O)CCCN)CC1. The molecule has 16 heavy (non-hydrogen) atoms. The largest absolute Gasteiger partial charge is 0.340 e. The van der Waals surface area contributed by atoms with Crippen LogP contribution in [0.4, 0.5) is 0 Å². The Morgan fingerprint density at radius 1 is 1.31 bits per heavy atom. The molecule has 0 spiro atoms. The van der Waals surface area contributed by atoms with E-state index < -0.39 is 0 Å². The van der Waals surface area contributed by atoms with Crippen molar-refractivity contribution in [3.05, 3.63) is 0 Å². The Kier molecular flexibility index (Phi) is 5.77. The Labute approximate surface area is 98.8 Å². The minimum atomic E-state index is 0.272. The van der Waals surface area contributed by atoms with Crippen molar-refractivity contribution >= 4 is 5.91 Å². The molecule has 4 nitrogen and oxygen atoms in total. The molecule has 2 N–H and O–H groups in total. The zero-order valence-electron chi connectivity index (χ0n) is 10.6. The zero-order valence-corrected chi connectivity index (χ0v) is 10.6. The molecule has 1 aliphatic rings. The molecule has 1 saturated heterocycles. The molecule has 1 aliphatic heterocycles. The van der Waals surface area contributed by atoms with Crippen molar-refractivity contribution in [1.29, 1.82) is 0 Å². The van der Waals surface area contributed by atoms with Crippen LogP contribution in [0.1, 0.15) is 33.1 Å². The van der Waals surface area contributed by atoms with Gasteiger partial charge in [-0.2, -0.15) is 0 Å². The zero-order chi connectivity index (χ0) is 12.0. The maximum absolute atomic E-state index is 11.8. The summed E-state index contributed by atoms with van der Waals surface area (Å²) in [5.74, 6) is 0.272. The van der Waals surface area contributed by atoms with Gasteiger partial charge in [-0.3, -0.25) is 9.69 Å². The van der Waals surface area contributed by atoms with E-state index in [-0.39, 0.29) is 5.91 Å². The van der Waals surface area contributed by atoms with Gasteiger partial charge in [-0.1, -0.05) is 6.92 Å². The van der Waals surface area contributed by atoms with Crippen molar-refractivity contribution in [3.8, 4) is 0 Å². The molecule has 0 saturated carbocycles. The van der Waals surface area contributed by atoms with Crippen LogP contribution in [0.3, 0.4) is 0 Å². The number of carbonyl (C=O) groups excluding carboxylic acids is 1. The number of rotatable bonds is 5. The van der Waals surface area contributed by atoms with E-state index in [1.165, 1.54) is 6.42 Å². The summed E-state index contributed by atoms with van der Waals surface area (Å²) in [6, 6.07) is 0.640. The molecule has 0 aliphatic carbocycles. The van der Waals surface area contributed by atoms with Crippen molar-refractivity contribution < 1.29 is 4.79 Å². The topological polar surface area (TPSA) is 49.6 Å². The second-order valence-electron chi connectivity index (χ2n) is 4.57. The van der Waals surface area contributed by atoms with Gasteiger partial charge in [0, 0.05) is 38.6 Å². The third-order valence-corrected chi connectivity index (χ3v) is 3.48. The van der Waals surface area contributed by atoms with Crippen molar-refractivity contribution in [1.82, 2.24) is 9.80 Å². The molecule has 1 fully saturated rings. The van der Waals surface area contributed by atoms with E-state index >= 15 is 0 Å². The Morgan fingerprint density at radius 2 is 1.94 bits per heavy atom. The van der Waals surface area contributed by atoms with Crippen LogP contribution >= 0.6 is 0 Å². The van der Waals surface area contributed by atoms with E-state index in [2.05, 4.69) is 18.7 Å². The van der Waals surface area contributed by atoms with E-state index in [9.17, 15) is 4.79 Å². The highest BCUT2D eigenvalue weighted by Gasteiger charge is 2.22.